The van der Waals surface area contributed by atoms with E-state index in [1.54, 1.807) is 0 Å². The first-order chi connectivity index (χ1) is 7.54. The highest BCUT2D eigenvalue weighted by atomic mass is 35.5. The minimum Gasteiger partial charge on any atom is -0.394 e. The molecule has 0 aliphatic rings. The van der Waals surface area contributed by atoms with Crippen LogP contribution >= 0.6 is 11.6 Å². The Labute approximate surface area is 100 Å². The predicted octanol–water partition coefficient (Wildman–Crippen LogP) is 1.53. The first-order valence-corrected chi connectivity index (χ1v) is 5.55. The fraction of sp³-hybridized carbons (Fsp3) is 0.600. The van der Waals surface area contributed by atoms with Crippen molar-refractivity contribution < 1.29 is 5.11 Å². The van der Waals surface area contributed by atoms with Gasteiger partial charge < -0.3 is 16.2 Å². The number of hydrogen-bond acceptors (Lipinski definition) is 5. The molecule has 0 aromatic carbocycles. The maximum absolute atomic E-state index is 9.22. The Hall–Kier alpha value is -1.07. The fourth-order valence-corrected chi connectivity index (χ4v) is 1.58. The van der Waals surface area contributed by atoms with Crippen LogP contribution in [-0.2, 0) is 0 Å². The van der Waals surface area contributed by atoms with Gasteiger partial charge in [0.25, 0.3) is 0 Å². The van der Waals surface area contributed by atoms with Crippen LogP contribution in [-0.4, -0.2) is 27.7 Å². The third-order valence-corrected chi connectivity index (χ3v) is 2.51. The number of anilines is 2. The van der Waals surface area contributed by atoms with Crippen molar-refractivity contribution in [3.05, 3.63) is 11.3 Å². The molecule has 0 spiro atoms. The molecule has 1 aromatic rings. The molecule has 1 aromatic heterocycles. The van der Waals surface area contributed by atoms with Gasteiger partial charge in [0.15, 0.2) is 5.82 Å². The number of halogens is 1. The van der Waals surface area contributed by atoms with Crippen molar-refractivity contribution in [2.45, 2.75) is 26.3 Å². The van der Waals surface area contributed by atoms with Gasteiger partial charge in [-0.15, -0.1) is 0 Å². The van der Waals surface area contributed by atoms with Gasteiger partial charge in [-0.25, -0.2) is 9.97 Å². The zero-order chi connectivity index (χ0) is 12.1. The van der Waals surface area contributed by atoms with Gasteiger partial charge in [-0.3, -0.25) is 0 Å². The minimum absolute atomic E-state index is 0.0262. The predicted molar refractivity (Wildman–Crippen MR) is 65.4 cm³/mol. The molecule has 1 atom stereocenters. The molecular weight excluding hydrogens is 228 g/mol. The van der Waals surface area contributed by atoms with Crippen molar-refractivity contribution in [2.24, 2.45) is 5.92 Å². The number of rotatable bonds is 5. The van der Waals surface area contributed by atoms with Crippen LogP contribution < -0.4 is 11.1 Å². The molecule has 6 heteroatoms. The van der Waals surface area contributed by atoms with Gasteiger partial charge in [0.1, 0.15) is 17.2 Å². The summed E-state index contributed by atoms with van der Waals surface area (Å²) in [6.45, 7) is 4.19. The van der Waals surface area contributed by atoms with E-state index in [0.717, 1.165) is 6.42 Å². The molecule has 1 rings (SSSR count). The van der Waals surface area contributed by atoms with E-state index in [2.05, 4.69) is 29.1 Å². The van der Waals surface area contributed by atoms with E-state index in [-0.39, 0.29) is 18.5 Å². The van der Waals surface area contributed by atoms with E-state index < -0.39 is 0 Å². The Morgan fingerprint density at radius 2 is 2.19 bits per heavy atom. The van der Waals surface area contributed by atoms with Crippen molar-refractivity contribution in [1.82, 2.24) is 9.97 Å². The van der Waals surface area contributed by atoms with Crippen molar-refractivity contribution in [1.29, 1.82) is 0 Å². The molecule has 0 aliphatic heterocycles. The number of aliphatic hydroxyl groups excluding tert-OH is 1. The lowest BCUT2D eigenvalue weighted by atomic mass is 10.0. The first kappa shape index (κ1) is 13.0. The second-order valence-electron chi connectivity index (χ2n) is 4.07. The average Bonchev–Trinajstić information content (AvgIpc) is 2.23. The van der Waals surface area contributed by atoms with Crippen molar-refractivity contribution in [3.63, 3.8) is 0 Å². The van der Waals surface area contributed by atoms with Crippen LogP contribution in [0.5, 0.6) is 0 Å². The van der Waals surface area contributed by atoms with Crippen LogP contribution in [0.25, 0.3) is 0 Å². The molecule has 0 saturated carbocycles. The summed E-state index contributed by atoms with van der Waals surface area (Å²) in [6.07, 6.45) is 2.17. The minimum atomic E-state index is -0.0770. The lowest BCUT2D eigenvalue weighted by molar-refractivity contribution is 0.259. The molecule has 1 unspecified atom stereocenters. The van der Waals surface area contributed by atoms with Crippen LogP contribution in [0.2, 0.25) is 5.02 Å². The zero-order valence-electron chi connectivity index (χ0n) is 9.44. The maximum Gasteiger partial charge on any atom is 0.150 e. The smallest absolute Gasteiger partial charge is 0.150 e. The number of aliphatic hydroxyl groups is 1. The molecule has 90 valence electrons. The number of nitrogens with one attached hydrogen (secondary N) is 1. The molecule has 0 radical (unpaired) electrons. The Balaban J connectivity index is 2.74. The third kappa shape index (κ3) is 3.50. The standard InChI is InChI=1S/C10H17ClN4O/c1-6(2)3-7(4-16)15-10-8(11)9(12)13-5-14-10/h5-7,16H,3-4H2,1-2H3,(H3,12,13,14,15). The molecule has 0 aliphatic carbocycles. The van der Waals surface area contributed by atoms with Gasteiger partial charge in [-0.2, -0.15) is 0 Å². The Bertz CT molecular complexity index is 346. The fourth-order valence-electron chi connectivity index (χ4n) is 1.43. The van der Waals surface area contributed by atoms with E-state index >= 15 is 0 Å². The highest BCUT2D eigenvalue weighted by Gasteiger charge is 2.13. The van der Waals surface area contributed by atoms with Crippen molar-refractivity contribution in [3.8, 4) is 0 Å². The van der Waals surface area contributed by atoms with Gasteiger partial charge >= 0.3 is 0 Å². The van der Waals surface area contributed by atoms with Crippen molar-refractivity contribution >= 4 is 23.2 Å². The molecule has 0 amide bonds. The largest absolute Gasteiger partial charge is 0.394 e. The SMILES string of the molecule is CC(C)CC(CO)Nc1ncnc(N)c1Cl. The summed E-state index contributed by atoms with van der Waals surface area (Å²) in [4.78, 5) is 7.75. The second kappa shape index (κ2) is 5.86. The summed E-state index contributed by atoms with van der Waals surface area (Å²) in [5.41, 5.74) is 5.55. The van der Waals surface area contributed by atoms with Gasteiger partial charge in [0.2, 0.25) is 0 Å². The Kier molecular flexibility index (Phi) is 4.76. The van der Waals surface area contributed by atoms with Crippen molar-refractivity contribution in [2.75, 3.05) is 17.7 Å². The van der Waals surface area contributed by atoms with Crippen LogP contribution in [0.3, 0.4) is 0 Å². The summed E-state index contributed by atoms with van der Waals surface area (Å²) in [5, 5.41) is 12.6. The molecule has 1 heterocycles. The topological polar surface area (TPSA) is 84.1 Å². The lowest BCUT2D eigenvalue weighted by Gasteiger charge is -2.19. The molecule has 16 heavy (non-hydrogen) atoms. The monoisotopic (exact) mass is 244 g/mol. The summed E-state index contributed by atoms with van der Waals surface area (Å²) in [6, 6.07) is -0.0770. The van der Waals surface area contributed by atoms with Gasteiger partial charge in [0.05, 0.1) is 12.6 Å². The number of nitrogens with zero attached hydrogens (tertiary/aromatic N) is 2. The molecule has 5 nitrogen and oxygen atoms in total. The Morgan fingerprint density at radius 1 is 1.50 bits per heavy atom. The van der Waals surface area contributed by atoms with Gasteiger partial charge in [-0.1, -0.05) is 25.4 Å². The highest BCUT2D eigenvalue weighted by molar-refractivity contribution is 6.35. The summed E-state index contributed by atoms with van der Waals surface area (Å²) in [7, 11) is 0. The van der Waals surface area contributed by atoms with E-state index in [1.807, 2.05) is 0 Å². The van der Waals surface area contributed by atoms with Crippen LogP contribution in [0.1, 0.15) is 20.3 Å². The summed E-state index contributed by atoms with van der Waals surface area (Å²) < 4.78 is 0. The van der Waals surface area contributed by atoms with Gasteiger partial charge in [-0.05, 0) is 12.3 Å². The summed E-state index contributed by atoms with van der Waals surface area (Å²) >= 11 is 5.94. The molecule has 0 saturated heterocycles. The van der Waals surface area contributed by atoms with Crippen LogP contribution in [0.15, 0.2) is 6.33 Å². The van der Waals surface area contributed by atoms with E-state index in [4.69, 9.17) is 17.3 Å². The normalized spacial score (nSPS) is 12.8. The average molecular weight is 245 g/mol. The molecule has 0 bridgehead atoms. The molecule has 4 N–H and O–H groups in total. The lowest BCUT2D eigenvalue weighted by Crippen LogP contribution is -2.26. The van der Waals surface area contributed by atoms with Crippen LogP contribution in [0.4, 0.5) is 11.6 Å². The second-order valence-corrected chi connectivity index (χ2v) is 4.45. The van der Waals surface area contributed by atoms with Gasteiger partial charge in [0, 0.05) is 0 Å². The number of nitrogens with two attached hydrogens (primary N) is 1. The number of nitrogen functional groups attached to an aromatic ring is 1. The third-order valence-electron chi connectivity index (χ3n) is 2.13. The highest BCUT2D eigenvalue weighted by Crippen LogP contribution is 2.24. The molecule has 0 fully saturated rings. The van der Waals surface area contributed by atoms with E-state index in [1.165, 1.54) is 6.33 Å². The first-order valence-electron chi connectivity index (χ1n) is 5.18. The number of aromatic nitrogens is 2. The maximum atomic E-state index is 9.22. The van der Waals surface area contributed by atoms with E-state index in [0.29, 0.717) is 16.8 Å². The quantitative estimate of drug-likeness (QED) is 0.732. The van der Waals surface area contributed by atoms with Crippen LogP contribution in [0, 0.1) is 5.92 Å². The molecular formula is C10H17ClN4O. The number of hydrogen-bond donors (Lipinski definition) is 3. The summed E-state index contributed by atoms with van der Waals surface area (Å²) in [5.74, 6) is 1.18. The zero-order valence-corrected chi connectivity index (χ0v) is 10.2. The van der Waals surface area contributed by atoms with E-state index in [9.17, 15) is 5.11 Å². The Morgan fingerprint density at radius 3 is 2.75 bits per heavy atom.